The standard InChI is InChI=1S/C11H19N3OS/c1-4-5-7-13(2)10(15)9-16-11-12-6-8-14(11)3/h6,8H,4-5,7,9H2,1-3H3. The number of amides is 1. The highest BCUT2D eigenvalue weighted by Gasteiger charge is 2.10. The lowest BCUT2D eigenvalue weighted by molar-refractivity contribution is -0.127. The minimum atomic E-state index is 0.168. The molecule has 0 unspecified atom stereocenters. The minimum absolute atomic E-state index is 0.168. The van der Waals surface area contributed by atoms with Crippen LogP contribution in [0.15, 0.2) is 17.6 Å². The van der Waals surface area contributed by atoms with Gasteiger partial charge in [0.15, 0.2) is 5.16 Å². The molecule has 0 aliphatic heterocycles. The van der Waals surface area contributed by atoms with Gasteiger partial charge in [-0.1, -0.05) is 25.1 Å². The summed E-state index contributed by atoms with van der Waals surface area (Å²) in [6.45, 7) is 2.97. The maximum absolute atomic E-state index is 11.7. The monoisotopic (exact) mass is 241 g/mol. The zero-order chi connectivity index (χ0) is 12.0. The summed E-state index contributed by atoms with van der Waals surface area (Å²) in [4.78, 5) is 17.7. The molecule has 0 spiro atoms. The second-order valence-corrected chi connectivity index (χ2v) is 4.72. The third kappa shape index (κ3) is 3.89. The van der Waals surface area contributed by atoms with E-state index in [4.69, 9.17) is 0 Å². The van der Waals surface area contributed by atoms with Gasteiger partial charge in [-0.3, -0.25) is 4.79 Å². The van der Waals surface area contributed by atoms with Gasteiger partial charge < -0.3 is 9.47 Å². The summed E-state index contributed by atoms with van der Waals surface area (Å²) in [5.74, 6) is 0.631. The third-order valence-electron chi connectivity index (χ3n) is 2.37. The van der Waals surface area contributed by atoms with Gasteiger partial charge in [0.25, 0.3) is 0 Å². The molecular formula is C11H19N3OS. The first-order valence-corrected chi connectivity index (χ1v) is 6.47. The molecule has 16 heavy (non-hydrogen) atoms. The van der Waals surface area contributed by atoms with E-state index >= 15 is 0 Å². The van der Waals surface area contributed by atoms with Crippen LogP contribution in [0, 0.1) is 0 Å². The zero-order valence-electron chi connectivity index (χ0n) is 10.1. The molecule has 4 nitrogen and oxygen atoms in total. The topological polar surface area (TPSA) is 38.1 Å². The van der Waals surface area contributed by atoms with Crippen molar-refractivity contribution in [3.63, 3.8) is 0 Å². The maximum Gasteiger partial charge on any atom is 0.232 e. The highest BCUT2D eigenvalue weighted by atomic mass is 32.2. The first-order chi connectivity index (χ1) is 7.65. The number of aryl methyl sites for hydroxylation is 1. The molecule has 5 heteroatoms. The van der Waals surface area contributed by atoms with Crippen molar-refractivity contribution < 1.29 is 4.79 Å². The van der Waals surface area contributed by atoms with Crippen LogP contribution in [0.4, 0.5) is 0 Å². The van der Waals surface area contributed by atoms with E-state index in [9.17, 15) is 4.79 Å². The van der Waals surface area contributed by atoms with E-state index in [1.165, 1.54) is 11.8 Å². The number of rotatable bonds is 6. The average Bonchev–Trinajstić information content (AvgIpc) is 2.68. The van der Waals surface area contributed by atoms with Crippen molar-refractivity contribution in [2.75, 3.05) is 19.3 Å². The second kappa shape index (κ2) is 6.58. The molecule has 0 N–H and O–H groups in total. The molecule has 1 aromatic rings. The summed E-state index contributed by atoms with van der Waals surface area (Å²) in [5, 5.41) is 0.886. The van der Waals surface area contributed by atoms with Crippen LogP contribution >= 0.6 is 11.8 Å². The van der Waals surface area contributed by atoms with Crippen LogP contribution in [0.5, 0.6) is 0 Å². The highest BCUT2D eigenvalue weighted by molar-refractivity contribution is 7.99. The van der Waals surface area contributed by atoms with Crippen molar-refractivity contribution in [3.05, 3.63) is 12.4 Å². The molecule has 90 valence electrons. The number of aromatic nitrogens is 2. The van der Waals surface area contributed by atoms with E-state index in [0.29, 0.717) is 5.75 Å². The van der Waals surface area contributed by atoms with E-state index in [2.05, 4.69) is 11.9 Å². The summed E-state index contributed by atoms with van der Waals surface area (Å²) in [6, 6.07) is 0. The summed E-state index contributed by atoms with van der Waals surface area (Å²) in [6.07, 6.45) is 5.81. The molecule has 1 amide bonds. The lowest BCUT2D eigenvalue weighted by Gasteiger charge is -2.16. The fraction of sp³-hybridized carbons (Fsp3) is 0.636. The van der Waals surface area contributed by atoms with Crippen molar-refractivity contribution >= 4 is 17.7 Å². The lowest BCUT2D eigenvalue weighted by Crippen LogP contribution is -2.29. The summed E-state index contributed by atoms with van der Waals surface area (Å²) in [5.41, 5.74) is 0. The Kier molecular flexibility index (Phi) is 5.38. The van der Waals surface area contributed by atoms with Gasteiger partial charge in [-0.25, -0.2) is 4.98 Å². The van der Waals surface area contributed by atoms with Crippen LogP contribution in [0.1, 0.15) is 19.8 Å². The van der Waals surface area contributed by atoms with Crippen LogP contribution in [0.2, 0.25) is 0 Å². The molecule has 0 fully saturated rings. The number of carbonyl (C=O) groups excluding carboxylic acids is 1. The third-order valence-corrected chi connectivity index (χ3v) is 3.42. The van der Waals surface area contributed by atoms with Gasteiger partial charge in [0.1, 0.15) is 0 Å². The van der Waals surface area contributed by atoms with Gasteiger partial charge in [-0.05, 0) is 6.42 Å². The Hall–Kier alpha value is -0.970. The number of carbonyl (C=O) groups is 1. The second-order valence-electron chi connectivity index (χ2n) is 3.78. The van der Waals surface area contributed by atoms with E-state index < -0.39 is 0 Å². The number of thioether (sulfide) groups is 1. The summed E-state index contributed by atoms with van der Waals surface area (Å²) in [7, 11) is 3.79. The normalized spacial score (nSPS) is 10.4. The molecule has 1 rings (SSSR count). The van der Waals surface area contributed by atoms with Crippen molar-refractivity contribution in [1.82, 2.24) is 14.5 Å². The van der Waals surface area contributed by atoms with E-state index in [0.717, 1.165) is 24.5 Å². The Morgan fingerprint density at radius 1 is 1.62 bits per heavy atom. The number of hydrogen-bond acceptors (Lipinski definition) is 3. The Balaban J connectivity index is 2.32. The van der Waals surface area contributed by atoms with Crippen LogP contribution < -0.4 is 0 Å². The average molecular weight is 241 g/mol. The van der Waals surface area contributed by atoms with E-state index in [1.54, 1.807) is 11.1 Å². The largest absolute Gasteiger partial charge is 0.345 e. The number of unbranched alkanes of at least 4 members (excludes halogenated alkanes) is 1. The molecule has 0 bridgehead atoms. The van der Waals surface area contributed by atoms with Crippen LogP contribution in [0.25, 0.3) is 0 Å². The van der Waals surface area contributed by atoms with Gasteiger partial charge in [-0.2, -0.15) is 0 Å². The molecule has 0 aromatic carbocycles. The van der Waals surface area contributed by atoms with Crippen molar-refractivity contribution in [2.24, 2.45) is 7.05 Å². The summed E-state index contributed by atoms with van der Waals surface area (Å²) < 4.78 is 1.92. The van der Waals surface area contributed by atoms with Gasteiger partial charge in [-0.15, -0.1) is 0 Å². The Labute approximate surface area is 101 Å². The van der Waals surface area contributed by atoms with E-state index in [-0.39, 0.29) is 5.91 Å². The van der Waals surface area contributed by atoms with Gasteiger partial charge >= 0.3 is 0 Å². The molecule has 0 aliphatic carbocycles. The quantitative estimate of drug-likeness (QED) is 0.712. The predicted molar refractivity (Wildman–Crippen MR) is 66.5 cm³/mol. The van der Waals surface area contributed by atoms with Crippen molar-refractivity contribution in [3.8, 4) is 0 Å². The molecule has 0 radical (unpaired) electrons. The fourth-order valence-corrected chi connectivity index (χ4v) is 2.12. The summed E-state index contributed by atoms with van der Waals surface area (Å²) >= 11 is 1.48. The van der Waals surface area contributed by atoms with Crippen molar-refractivity contribution in [2.45, 2.75) is 24.9 Å². The van der Waals surface area contributed by atoms with Gasteiger partial charge in [0, 0.05) is 33.0 Å². The molecule has 0 aliphatic rings. The predicted octanol–water partition coefficient (Wildman–Crippen LogP) is 1.77. The van der Waals surface area contributed by atoms with Crippen LogP contribution in [-0.4, -0.2) is 39.7 Å². The smallest absolute Gasteiger partial charge is 0.232 e. The lowest BCUT2D eigenvalue weighted by atomic mass is 10.3. The molecule has 1 aromatic heterocycles. The Morgan fingerprint density at radius 3 is 2.94 bits per heavy atom. The van der Waals surface area contributed by atoms with Gasteiger partial charge in [0.2, 0.25) is 5.91 Å². The first-order valence-electron chi connectivity index (χ1n) is 5.49. The van der Waals surface area contributed by atoms with Crippen LogP contribution in [0.3, 0.4) is 0 Å². The Bertz CT molecular complexity index is 338. The molecule has 1 heterocycles. The fourth-order valence-electron chi connectivity index (χ4n) is 1.25. The SMILES string of the molecule is CCCCN(C)C(=O)CSc1nccn1C. The van der Waals surface area contributed by atoms with Crippen molar-refractivity contribution in [1.29, 1.82) is 0 Å². The number of imidazole rings is 1. The minimum Gasteiger partial charge on any atom is -0.345 e. The van der Waals surface area contributed by atoms with Crippen LogP contribution in [-0.2, 0) is 11.8 Å². The molecule has 0 saturated carbocycles. The maximum atomic E-state index is 11.7. The first kappa shape index (κ1) is 13.1. The van der Waals surface area contributed by atoms with Gasteiger partial charge in [0.05, 0.1) is 5.75 Å². The molecular weight excluding hydrogens is 222 g/mol. The number of hydrogen-bond donors (Lipinski definition) is 0. The number of nitrogens with zero attached hydrogens (tertiary/aromatic N) is 3. The van der Waals surface area contributed by atoms with E-state index in [1.807, 2.05) is 24.9 Å². The zero-order valence-corrected chi connectivity index (χ0v) is 11.0. The molecule has 0 saturated heterocycles. The highest BCUT2D eigenvalue weighted by Crippen LogP contribution is 2.14. The molecule has 0 atom stereocenters. The Morgan fingerprint density at radius 2 is 2.38 bits per heavy atom.